The van der Waals surface area contributed by atoms with Gasteiger partial charge in [0.1, 0.15) is 11.6 Å². The van der Waals surface area contributed by atoms with Crippen molar-refractivity contribution in [2.45, 2.75) is 82.6 Å². The van der Waals surface area contributed by atoms with Gasteiger partial charge in [-0.1, -0.05) is 44.6 Å². The maximum Gasteiger partial charge on any atom is 0.249 e. The summed E-state index contributed by atoms with van der Waals surface area (Å²) < 4.78 is 6.91. The third-order valence-electron chi connectivity index (χ3n) is 8.47. The van der Waals surface area contributed by atoms with Crippen LogP contribution in [0.25, 0.3) is 0 Å². The van der Waals surface area contributed by atoms with E-state index in [9.17, 15) is 19.5 Å². The summed E-state index contributed by atoms with van der Waals surface area (Å²) in [4.78, 5) is 47.2. The zero-order chi connectivity index (χ0) is 25.4. The highest BCUT2D eigenvalue weighted by atomic mass is 16.5. The summed E-state index contributed by atoms with van der Waals surface area (Å²) in [7, 11) is 1.76. The molecule has 8 nitrogen and oxygen atoms in total. The summed E-state index contributed by atoms with van der Waals surface area (Å²) >= 11 is 0. The first-order valence-electron chi connectivity index (χ1n) is 13.3. The van der Waals surface area contributed by atoms with Crippen LogP contribution in [-0.4, -0.2) is 94.1 Å². The van der Waals surface area contributed by atoms with Gasteiger partial charge in [0.15, 0.2) is 0 Å². The number of carbonyl (C=O) groups excluding carboxylic acids is 3. The van der Waals surface area contributed by atoms with Crippen molar-refractivity contribution in [1.82, 2.24) is 14.7 Å². The lowest BCUT2D eigenvalue weighted by molar-refractivity contribution is -0.155. The molecule has 1 spiro atoms. The van der Waals surface area contributed by atoms with Crippen LogP contribution in [0.4, 0.5) is 0 Å². The number of amides is 3. The summed E-state index contributed by atoms with van der Waals surface area (Å²) in [6.45, 7) is 7.59. The number of unbranched alkanes of at least 4 members (excludes halogenated alkanes) is 2. The predicted molar refractivity (Wildman–Crippen MR) is 132 cm³/mol. The zero-order valence-electron chi connectivity index (χ0n) is 21.6. The fourth-order valence-electron chi connectivity index (χ4n) is 6.68. The predicted octanol–water partition coefficient (Wildman–Crippen LogP) is 2.13. The van der Waals surface area contributed by atoms with Crippen molar-refractivity contribution in [3.05, 3.63) is 24.3 Å². The average Bonchev–Trinajstić information content (AvgIpc) is 3.13. The SMILES string of the molecule is CCCC(C)N1CC=C[C@]23O[C@@]4(CC)C=CCN(C)C(=O)[C@H]4[C@H]2C(=O)N(CCCCCO)C3C1=O. The fraction of sp³-hybridized carbons (Fsp3) is 0.741. The van der Waals surface area contributed by atoms with Crippen LogP contribution in [-0.2, 0) is 19.1 Å². The van der Waals surface area contributed by atoms with Crippen LogP contribution in [0.2, 0.25) is 0 Å². The standard InChI is InChI=1S/C27H41N3O5/c1-5-12-19(3)29-17-11-14-27-21(20-23(32)28(4)15-10-13-26(20,6-2)35-27)24(33)30(22(27)25(29)34)16-8-7-9-18-31/h10-11,13-14,19-22,31H,5-9,12,15-18H2,1-4H3/t19?,20-,21+,22?,26+,27+/m1/s1. The first kappa shape index (κ1) is 25.9. The van der Waals surface area contributed by atoms with Gasteiger partial charge >= 0.3 is 0 Å². The molecule has 2 unspecified atom stereocenters. The van der Waals surface area contributed by atoms with Crippen molar-refractivity contribution in [1.29, 1.82) is 0 Å². The summed E-state index contributed by atoms with van der Waals surface area (Å²) in [5.74, 6) is -1.79. The third kappa shape index (κ3) is 4.02. The summed E-state index contributed by atoms with van der Waals surface area (Å²) in [5, 5.41) is 9.20. The molecule has 0 saturated carbocycles. The van der Waals surface area contributed by atoms with E-state index in [4.69, 9.17) is 4.74 Å². The topological polar surface area (TPSA) is 90.4 Å². The second kappa shape index (κ2) is 10.1. The minimum Gasteiger partial charge on any atom is -0.396 e. The van der Waals surface area contributed by atoms with Gasteiger partial charge in [-0.2, -0.15) is 0 Å². The Bertz CT molecular complexity index is 903. The quantitative estimate of drug-likeness (QED) is 0.398. The first-order chi connectivity index (χ1) is 16.8. The molecule has 3 amide bonds. The lowest BCUT2D eigenvalue weighted by atomic mass is 9.73. The lowest BCUT2D eigenvalue weighted by Gasteiger charge is -2.39. The molecule has 2 saturated heterocycles. The fourth-order valence-corrected chi connectivity index (χ4v) is 6.68. The molecule has 0 radical (unpaired) electrons. The molecule has 4 heterocycles. The summed E-state index contributed by atoms with van der Waals surface area (Å²) in [5.41, 5.74) is -2.09. The van der Waals surface area contributed by atoms with Crippen LogP contribution < -0.4 is 0 Å². The molecule has 4 aliphatic heterocycles. The van der Waals surface area contributed by atoms with Gasteiger partial charge in [0.25, 0.3) is 0 Å². The van der Waals surface area contributed by atoms with Gasteiger partial charge < -0.3 is 24.5 Å². The Kier molecular flexibility index (Phi) is 7.44. The van der Waals surface area contributed by atoms with Gasteiger partial charge in [-0.15, -0.1) is 0 Å². The Morgan fingerprint density at radius 3 is 2.46 bits per heavy atom. The highest BCUT2D eigenvalue weighted by molar-refractivity contribution is 6.00. The Hall–Kier alpha value is -2.19. The number of likely N-dealkylation sites (tertiary alicyclic amines) is 1. The van der Waals surface area contributed by atoms with Crippen molar-refractivity contribution in [2.24, 2.45) is 11.8 Å². The highest BCUT2D eigenvalue weighted by Gasteiger charge is 2.75. The van der Waals surface area contributed by atoms with Crippen molar-refractivity contribution in [3.63, 3.8) is 0 Å². The Labute approximate surface area is 208 Å². The minimum atomic E-state index is -1.18. The highest BCUT2D eigenvalue weighted by Crippen LogP contribution is 2.58. The van der Waals surface area contributed by atoms with Crippen molar-refractivity contribution in [2.75, 3.05) is 33.3 Å². The maximum absolute atomic E-state index is 14.2. The lowest BCUT2D eigenvalue weighted by Crippen LogP contribution is -2.57. The molecule has 194 valence electrons. The van der Waals surface area contributed by atoms with E-state index in [0.717, 1.165) is 19.3 Å². The van der Waals surface area contributed by atoms with E-state index in [1.807, 2.05) is 36.1 Å². The normalized spacial score (nSPS) is 35.2. The van der Waals surface area contributed by atoms with Crippen LogP contribution in [0, 0.1) is 11.8 Å². The van der Waals surface area contributed by atoms with Gasteiger partial charge in [-0.05, 0) is 39.0 Å². The second-order valence-corrected chi connectivity index (χ2v) is 10.6. The number of ether oxygens (including phenoxy) is 1. The van der Waals surface area contributed by atoms with Gasteiger partial charge in [0.05, 0.1) is 17.4 Å². The minimum absolute atomic E-state index is 0.0392. The van der Waals surface area contributed by atoms with E-state index < -0.39 is 29.1 Å². The van der Waals surface area contributed by atoms with Crippen LogP contribution in [0.1, 0.15) is 59.3 Å². The van der Waals surface area contributed by atoms with Gasteiger partial charge in [-0.25, -0.2) is 0 Å². The Balaban J connectivity index is 1.81. The number of nitrogens with zero attached hydrogens (tertiary/aromatic N) is 3. The Morgan fingerprint density at radius 1 is 1.03 bits per heavy atom. The molecule has 2 fully saturated rings. The zero-order valence-corrected chi connectivity index (χ0v) is 21.6. The third-order valence-corrected chi connectivity index (χ3v) is 8.47. The van der Waals surface area contributed by atoms with Crippen molar-refractivity contribution in [3.8, 4) is 0 Å². The molecule has 0 aromatic rings. The van der Waals surface area contributed by atoms with Crippen LogP contribution in [0.3, 0.4) is 0 Å². The van der Waals surface area contributed by atoms with E-state index in [-0.39, 0.29) is 30.4 Å². The van der Waals surface area contributed by atoms with Gasteiger partial charge in [0.2, 0.25) is 17.7 Å². The molecular weight excluding hydrogens is 446 g/mol. The largest absolute Gasteiger partial charge is 0.396 e. The number of aliphatic hydroxyl groups is 1. The number of hydrogen-bond acceptors (Lipinski definition) is 5. The second-order valence-electron chi connectivity index (χ2n) is 10.6. The van der Waals surface area contributed by atoms with Crippen LogP contribution in [0.5, 0.6) is 0 Å². The molecule has 6 atom stereocenters. The molecule has 0 bridgehead atoms. The summed E-state index contributed by atoms with van der Waals surface area (Å²) in [6, 6.07) is -0.758. The van der Waals surface area contributed by atoms with Crippen LogP contribution >= 0.6 is 0 Å². The number of aliphatic hydroxyl groups excluding tert-OH is 1. The smallest absolute Gasteiger partial charge is 0.249 e. The Morgan fingerprint density at radius 2 is 1.77 bits per heavy atom. The molecule has 0 aromatic carbocycles. The van der Waals surface area contributed by atoms with E-state index in [1.165, 1.54) is 0 Å². The van der Waals surface area contributed by atoms with Gasteiger partial charge in [-0.3, -0.25) is 14.4 Å². The molecule has 0 aliphatic carbocycles. The molecule has 4 rings (SSSR count). The average molecular weight is 488 g/mol. The van der Waals surface area contributed by atoms with E-state index in [2.05, 4.69) is 13.8 Å². The molecule has 35 heavy (non-hydrogen) atoms. The number of carbonyl (C=O) groups is 3. The first-order valence-corrected chi connectivity index (χ1v) is 13.3. The molecule has 4 aliphatic rings. The maximum atomic E-state index is 14.2. The van der Waals surface area contributed by atoms with E-state index in [1.54, 1.807) is 16.8 Å². The number of likely N-dealkylation sites (N-methyl/N-ethyl adjacent to an activating group) is 1. The van der Waals surface area contributed by atoms with Crippen molar-refractivity contribution < 1.29 is 24.2 Å². The molecule has 1 N–H and O–H groups in total. The monoisotopic (exact) mass is 487 g/mol. The van der Waals surface area contributed by atoms with Crippen LogP contribution in [0.15, 0.2) is 24.3 Å². The number of fused-ring (bicyclic) bond motifs is 2. The molecule has 0 aromatic heterocycles. The molecule has 8 heteroatoms. The van der Waals surface area contributed by atoms with Crippen molar-refractivity contribution >= 4 is 17.7 Å². The van der Waals surface area contributed by atoms with E-state index >= 15 is 0 Å². The number of rotatable bonds is 9. The number of hydrogen-bond donors (Lipinski definition) is 1. The summed E-state index contributed by atoms with van der Waals surface area (Å²) in [6.07, 6.45) is 12.3. The van der Waals surface area contributed by atoms with Gasteiger partial charge in [0, 0.05) is 39.3 Å². The molecular formula is C27H41N3O5. The van der Waals surface area contributed by atoms with E-state index in [0.29, 0.717) is 38.9 Å².